The predicted octanol–water partition coefficient (Wildman–Crippen LogP) is 3.07. The van der Waals surface area contributed by atoms with Crippen molar-refractivity contribution >= 4 is 0 Å². The molecule has 0 spiro atoms. The molecule has 1 heteroatoms. The Morgan fingerprint density at radius 1 is 0.833 bits per heavy atom. The molecule has 0 unspecified atom stereocenters. The molecule has 0 aliphatic rings. The first-order valence-corrected chi connectivity index (χ1v) is 4.62. The quantitative estimate of drug-likeness (QED) is 0.683. The largest absolute Gasteiger partial charge is 0.330 e. The summed E-state index contributed by atoms with van der Waals surface area (Å²) in [5.41, 5.74) is 5.03. The van der Waals surface area contributed by atoms with Gasteiger partial charge in [-0.3, -0.25) is 0 Å². The average Bonchev–Trinajstić information content (AvgIpc) is 2.24. The lowest BCUT2D eigenvalue weighted by Crippen LogP contribution is -1.93. The Morgan fingerprint density at radius 2 is 1.00 bits per heavy atom. The van der Waals surface area contributed by atoms with Gasteiger partial charge in [-0.2, -0.15) is 0 Å². The van der Waals surface area contributed by atoms with Crippen LogP contribution in [0.2, 0.25) is 0 Å². The van der Waals surface area contributed by atoms with E-state index in [1.807, 2.05) is 50.2 Å². The number of rotatable bonds is 1. The van der Waals surface area contributed by atoms with Gasteiger partial charge in [0.25, 0.3) is 0 Å². The summed E-state index contributed by atoms with van der Waals surface area (Å²) in [6, 6.07) is 12.0. The second kappa shape index (κ2) is 16.6. The molecule has 12 heavy (non-hydrogen) atoms. The molecule has 0 saturated heterocycles. The van der Waals surface area contributed by atoms with E-state index in [0.717, 1.165) is 13.0 Å². The van der Waals surface area contributed by atoms with Crippen LogP contribution < -0.4 is 5.73 Å². The Balaban J connectivity index is 0. The molecule has 0 aromatic heterocycles. The third kappa shape index (κ3) is 16.1. The van der Waals surface area contributed by atoms with Crippen LogP contribution in [0.3, 0.4) is 0 Å². The van der Waals surface area contributed by atoms with Crippen molar-refractivity contribution in [3.05, 3.63) is 36.4 Å². The summed E-state index contributed by atoms with van der Waals surface area (Å²) in [6.45, 7) is 6.88. The van der Waals surface area contributed by atoms with Gasteiger partial charge in [0.1, 0.15) is 0 Å². The number of hydrogen-bond acceptors (Lipinski definition) is 1. The molecule has 0 aliphatic carbocycles. The van der Waals surface area contributed by atoms with Crippen LogP contribution in [-0.2, 0) is 0 Å². The van der Waals surface area contributed by atoms with Gasteiger partial charge in [-0.1, -0.05) is 57.2 Å². The van der Waals surface area contributed by atoms with Gasteiger partial charge in [-0.05, 0) is 13.0 Å². The predicted molar refractivity (Wildman–Crippen MR) is 57.1 cm³/mol. The van der Waals surface area contributed by atoms with Crippen molar-refractivity contribution < 1.29 is 0 Å². The highest BCUT2D eigenvalue weighted by Crippen LogP contribution is 1.79. The van der Waals surface area contributed by atoms with Crippen molar-refractivity contribution in [3.63, 3.8) is 0 Å². The molecule has 0 fully saturated rings. The number of benzene rings is 1. The molecule has 1 nitrogen and oxygen atoms in total. The van der Waals surface area contributed by atoms with Crippen LogP contribution in [-0.4, -0.2) is 6.54 Å². The van der Waals surface area contributed by atoms with Gasteiger partial charge < -0.3 is 5.73 Å². The third-order valence-electron chi connectivity index (χ3n) is 0.955. The monoisotopic (exact) mass is 167 g/mol. The maximum atomic E-state index is 5.03. The summed E-state index contributed by atoms with van der Waals surface area (Å²) >= 11 is 0. The van der Waals surface area contributed by atoms with E-state index in [4.69, 9.17) is 5.73 Å². The lowest BCUT2D eigenvalue weighted by atomic mass is 10.4. The highest BCUT2D eigenvalue weighted by Gasteiger charge is 1.57. The zero-order chi connectivity index (χ0) is 9.66. The van der Waals surface area contributed by atoms with Crippen LogP contribution in [0, 0.1) is 0 Å². The van der Waals surface area contributed by atoms with Crippen molar-refractivity contribution in [1.29, 1.82) is 0 Å². The Labute approximate surface area is 76.6 Å². The molecule has 1 aromatic carbocycles. The fraction of sp³-hybridized carbons (Fsp3) is 0.455. The third-order valence-corrected chi connectivity index (χ3v) is 0.955. The molecule has 0 radical (unpaired) electrons. The first-order valence-electron chi connectivity index (χ1n) is 4.62. The molecule has 0 atom stereocenters. The van der Waals surface area contributed by atoms with Crippen molar-refractivity contribution in [3.8, 4) is 0 Å². The summed E-state index contributed by atoms with van der Waals surface area (Å²) in [6.07, 6.45) is 1.10. The normalized spacial score (nSPS) is 7.00. The number of nitrogens with two attached hydrogens (primary N) is 1. The summed E-state index contributed by atoms with van der Waals surface area (Å²) in [5.74, 6) is 0. The minimum Gasteiger partial charge on any atom is -0.330 e. The molecule has 0 bridgehead atoms. The van der Waals surface area contributed by atoms with E-state index >= 15 is 0 Å². The summed E-state index contributed by atoms with van der Waals surface area (Å²) in [7, 11) is 0. The maximum Gasteiger partial charge on any atom is -0.00799 e. The highest BCUT2D eigenvalue weighted by atomic mass is 14.5. The molecule has 1 aromatic rings. The molecule has 0 aliphatic heterocycles. The van der Waals surface area contributed by atoms with E-state index in [1.165, 1.54) is 0 Å². The molecule has 2 N–H and O–H groups in total. The molecule has 0 saturated carbocycles. The van der Waals surface area contributed by atoms with Gasteiger partial charge in [0.05, 0.1) is 0 Å². The van der Waals surface area contributed by atoms with Crippen LogP contribution in [0.4, 0.5) is 0 Å². The summed E-state index contributed by atoms with van der Waals surface area (Å²) in [4.78, 5) is 0. The SMILES string of the molecule is CC.CCCN.c1ccccc1. The highest BCUT2D eigenvalue weighted by molar-refractivity contribution is 4.99. The fourth-order valence-electron chi connectivity index (χ4n) is 0.385. The van der Waals surface area contributed by atoms with Gasteiger partial charge in [-0.15, -0.1) is 0 Å². The van der Waals surface area contributed by atoms with Crippen LogP contribution in [0.1, 0.15) is 27.2 Å². The summed E-state index contributed by atoms with van der Waals surface area (Å²) in [5, 5.41) is 0. The first kappa shape index (κ1) is 13.7. The molecule has 1 rings (SSSR count). The Morgan fingerprint density at radius 3 is 1.08 bits per heavy atom. The molecule has 0 amide bonds. The van der Waals surface area contributed by atoms with Gasteiger partial charge in [0.2, 0.25) is 0 Å². The van der Waals surface area contributed by atoms with E-state index in [0.29, 0.717) is 0 Å². The Bertz CT molecular complexity index is 97.0. The van der Waals surface area contributed by atoms with Crippen molar-refractivity contribution in [2.24, 2.45) is 5.73 Å². The average molecular weight is 167 g/mol. The molecule has 0 heterocycles. The fourth-order valence-corrected chi connectivity index (χ4v) is 0.385. The maximum absolute atomic E-state index is 5.03. The molecule has 70 valence electrons. The van der Waals surface area contributed by atoms with Crippen molar-refractivity contribution in [2.75, 3.05) is 6.54 Å². The minimum absolute atomic E-state index is 0.819. The summed E-state index contributed by atoms with van der Waals surface area (Å²) < 4.78 is 0. The van der Waals surface area contributed by atoms with E-state index in [9.17, 15) is 0 Å². The van der Waals surface area contributed by atoms with Crippen LogP contribution >= 0.6 is 0 Å². The smallest absolute Gasteiger partial charge is 0.00799 e. The molecular formula is C11H21N. The van der Waals surface area contributed by atoms with Gasteiger partial charge in [0.15, 0.2) is 0 Å². The van der Waals surface area contributed by atoms with Crippen LogP contribution in [0.15, 0.2) is 36.4 Å². The number of hydrogen-bond donors (Lipinski definition) is 1. The Hall–Kier alpha value is -0.820. The minimum atomic E-state index is 0.819. The second-order valence-electron chi connectivity index (χ2n) is 1.94. The van der Waals surface area contributed by atoms with Gasteiger partial charge in [0, 0.05) is 0 Å². The van der Waals surface area contributed by atoms with Gasteiger partial charge in [-0.25, -0.2) is 0 Å². The van der Waals surface area contributed by atoms with E-state index in [2.05, 4.69) is 6.92 Å². The lowest BCUT2D eigenvalue weighted by molar-refractivity contribution is 0.932. The van der Waals surface area contributed by atoms with Crippen LogP contribution in [0.25, 0.3) is 0 Å². The topological polar surface area (TPSA) is 26.0 Å². The Kier molecular flexibility index (Phi) is 19.1. The van der Waals surface area contributed by atoms with E-state index < -0.39 is 0 Å². The lowest BCUT2D eigenvalue weighted by Gasteiger charge is -1.70. The van der Waals surface area contributed by atoms with Gasteiger partial charge >= 0.3 is 0 Å². The zero-order valence-corrected chi connectivity index (χ0v) is 8.46. The zero-order valence-electron chi connectivity index (χ0n) is 8.46. The second-order valence-corrected chi connectivity index (χ2v) is 1.94. The van der Waals surface area contributed by atoms with E-state index in [-0.39, 0.29) is 0 Å². The van der Waals surface area contributed by atoms with Crippen LogP contribution in [0.5, 0.6) is 0 Å². The van der Waals surface area contributed by atoms with Crippen molar-refractivity contribution in [2.45, 2.75) is 27.2 Å². The molecular weight excluding hydrogens is 146 g/mol. The van der Waals surface area contributed by atoms with E-state index in [1.54, 1.807) is 0 Å². The first-order chi connectivity index (χ1) is 5.91. The standard InChI is InChI=1S/C6H6.C3H9N.C2H6/c1-2-4-6-5-3-1;1-2-3-4;1-2/h1-6H;2-4H2,1H3;1-2H3. The van der Waals surface area contributed by atoms with Crippen molar-refractivity contribution in [1.82, 2.24) is 0 Å².